The van der Waals surface area contributed by atoms with Gasteiger partial charge in [-0.15, -0.1) is 0 Å². The Kier molecular flexibility index (Phi) is 5.11. The molecular weight excluding hydrogens is 330 g/mol. The fraction of sp³-hybridized carbons (Fsp3) is 0.300. The van der Waals surface area contributed by atoms with Crippen molar-refractivity contribution < 1.29 is 14.3 Å². The number of benzene rings is 2. The number of ether oxygens (including phenoxy) is 1. The SMILES string of the molecule is CNC(=O)[C@H]1CN(CC(=O)Nc2cccc(C)c2C)c2ccccc2O1. The summed E-state index contributed by atoms with van der Waals surface area (Å²) >= 11 is 0. The van der Waals surface area contributed by atoms with E-state index in [2.05, 4.69) is 10.6 Å². The van der Waals surface area contributed by atoms with E-state index in [1.807, 2.05) is 55.1 Å². The second-order valence-corrected chi connectivity index (χ2v) is 6.36. The highest BCUT2D eigenvalue weighted by atomic mass is 16.5. The molecule has 0 saturated carbocycles. The summed E-state index contributed by atoms with van der Waals surface area (Å²) in [5, 5.41) is 5.57. The number of carbonyl (C=O) groups is 2. The Morgan fingerprint density at radius 1 is 1.15 bits per heavy atom. The van der Waals surface area contributed by atoms with Gasteiger partial charge in [0.2, 0.25) is 5.91 Å². The first kappa shape index (κ1) is 17.8. The molecular formula is C20H23N3O3. The van der Waals surface area contributed by atoms with Crippen LogP contribution in [0.1, 0.15) is 11.1 Å². The molecule has 0 spiro atoms. The zero-order valence-corrected chi connectivity index (χ0v) is 15.2. The number of nitrogens with zero attached hydrogens (tertiary/aromatic N) is 1. The van der Waals surface area contributed by atoms with Gasteiger partial charge in [-0.1, -0.05) is 24.3 Å². The van der Waals surface area contributed by atoms with E-state index >= 15 is 0 Å². The molecule has 2 amide bonds. The van der Waals surface area contributed by atoms with E-state index in [0.717, 1.165) is 22.5 Å². The van der Waals surface area contributed by atoms with Crippen molar-refractivity contribution in [3.05, 3.63) is 53.6 Å². The van der Waals surface area contributed by atoms with Crippen molar-refractivity contribution in [2.75, 3.05) is 30.4 Å². The molecule has 0 radical (unpaired) electrons. The molecule has 6 nitrogen and oxygen atoms in total. The smallest absolute Gasteiger partial charge is 0.262 e. The van der Waals surface area contributed by atoms with Crippen LogP contribution in [0.2, 0.25) is 0 Å². The van der Waals surface area contributed by atoms with Crippen LogP contribution < -0.4 is 20.3 Å². The molecule has 0 aliphatic carbocycles. The van der Waals surface area contributed by atoms with E-state index in [-0.39, 0.29) is 18.4 Å². The van der Waals surface area contributed by atoms with Crippen LogP contribution in [0.25, 0.3) is 0 Å². The van der Waals surface area contributed by atoms with E-state index in [1.54, 1.807) is 13.1 Å². The van der Waals surface area contributed by atoms with Crippen molar-refractivity contribution in [1.29, 1.82) is 0 Å². The number of para-hydroxylation sites is 2. The molecule has 1 aliphatic heterocycles. The zero-order valence-electron chi connectivity index (χ0n) is 15.2. The van der Waals surface area contributed by atoms with Crippen LogP contribution in [-0.4, -0.2) is 38.1 Å². The molecule has 0 saturated heterocycles. The number of hydrogen-bond donors (Lipinski definition) is 2. The summed E-state index contributed by atoms with van der Waals surface area (Å²) in [7, 11) is 1.57. The minimum atomic E-state index is -0.650. The van der Waals surface area contributed by atoms with Crippen molar-refractivity contribution in [3.8, 4) is 5.75 Å². The summed E-state index contributed by atoms with van der Waals surface area (Å²) < 4.78 is 5.76. The Bertz CT molecular complexity index is 835. The van der Waals surface area contributed by atoms with Gasteiger partial charge in [-0.3, -0.25) is 9.59 Å². The van der Waals surface area contributed by atoms with Gasteiger partial charge in [-0.2, -0.15) is 0 Å². The maximum absolute atomic E-state index is 12.6. The fourth-order valence-electron chi connectivity index (χ4n) is 3.00. The molecule has 1 heterocycles. The summed E-state index contributed by atoms with van der Waals surface area (Å²) in [4.78, 5) is 26.5. The molecule has 0 unspecified atom stereocenters. The lowest BCUT2D eigenvalue weighted by atomic mass is 10.1. The fourth-order valence-corrected chi connectivity index (χ4v) is 3.00. The standard InChI is InChI=1S/C20H23N3O3/c1-13-7-6-8-15(14(13)2)22-19(24)12-23-11-18(20(25)21-3)26-17-10-5-4-9-16(17)23/h4-10,18H,11-12H2,1-3H3,(H,21,25)(H,22,24)/t18-/m1/s1. The molecule has 136 valence electrons. The lowest BCUT2D eigenvalue weighted by Crippen LogP contribution is -2.50. The van der Waals surface area contributed by atoms with E-state index in [4.69, 9.17) is 4.74 Å². The minimum absolute atomic E-state index is 0.133. The third-order valence-electron chi connectivity index (χ3n) is 4.61. The number of carbonyl (C=O) groups excluding carboxylic acids is 2. The topological polar surface area (TPSA) is 70.7 Å². The number of anilines is 2. The highest BCUT2D eigenvalue weighted by Crippen LogP contribution is 2.33. The average molecular weight is 353 g/mol. The summed E-state index contributed by atoms with van der Waals surface area (Å²) in [5.74, 6) is 0.261. The Balaban J connectivity index is 1.78. The first-order valence-electron chi connectivity index (χ1n) is 8.58. The predicted molar refractivity (Wildman–Crippen MR) is 102 cm³/mol. The normalized spacial score (nSPS) is 15.7. The van der Waals surface area contributed by atoms with E-state index in [9.17, 15) is 9.59 Å². The minimum Gasteiger partial charge on any atom is -0.477 e. The summed E-state index contributed by atoms with van der Waals surface area (Å²) in [6.07, 6.45) is -0.650. The Morgan fingerprint density at radius 2 is 1.92 bits per heavy atom. The molecule has 1 atom stereocenters. The van der Waals surface area contributed by atoms with E-state index in [0.29, 0.717) is 12.3 Å². The Hall–Kier alpha value is -3.02. The average Bonchev–Trinajstić information content (AvgIpc) is 2.64. The second kappa shape index (κ2) is 7.47. The van der Waals surface area contributed by atoms with Crippen molar-refractivity contribution in [2.24, 2.45) is 0 Å². The molecule has 2 aromatic rings. The first-order valence-corrected chi connectivity index (χ1v) is 8.58. The number of aryl methyl sites for hydroxylation is 1. The monoisotopic (exact) mass is 353 g/mol. The van der Waals surface area contributed by atoms with Gasteiger partial charge < -0.3 is 20.3 Å². The van der Waals surface area contributed by atoms with Crippen LogP contribution in [0.15, 0.2) is 42.5 Å². The third kappa shape index (κ3) is 3.64. The van der Waals surface area contributed by atoms with Gasteiger partial charge in [0.25, 0.3) is 5.91 Å². The lowest BCUT2D eigenvalue weighted by Gasteiger charge is -2.35. The van der Waals surface area contributed by atoms with Crippen LogP contribution in [0.3, 0.4) is 0 Å². The Labute approximate surface area is 153 Å². The van der Waals surface area contributed by atoms with Gasteiger partial charge in [0.1, 0.15) is 5.75 Å². The van der Waals surface area contributed by atoms with Gasteiger partial charge in [-0.05, 0) is 43.2 Å². The maximum atomic E-state index is 12.6. The van der Waals surface area contributed by atoms with Crippen molar-refractivity contribution in [1.82, 2.24) is 5.32 Å². The number of amides is 2. The molecule has 2 N–H and O–H groups in total. The molecule has 6 heteroatoms. The van der Waals surface area contributed by atoms with Crippen molar-refractivity contribution in [3.63, 3.8) is 0 Å². The van der Waals surface area contributed by atoms with Gasteiger partial charge in [-0.25, -0.2) is 0 Å². The molecule has 3 rings (SSSR count). The van der Waals surface area contributed by atoms with Gasteiger partial charge in [0.15, 0.2) is 6.10 Å². The highest BCUT2D eigenvalue weighted by molar-refractivity contribution is 5.95. The van der Waals surface area contributed by atoms with Gasteiger partial charge >= 0.3 is 0 Å². The maximum Gasteiger partial charge on any atom is 0.262 e. The number of likely N-dealkylation sites (N-methyl/N-ethyl adjacent to an activating group) is 1. The molecule has 0 fully saturated rings. The lowest BCUT2D eigenvalue weighted by molar-refractivity contribution is -0.127. The van der Waals surface area contributed by atoms with Crippen LogP contribution in [0.5, 0.6) is 5.75 Å². The second-order valence-electron chi connectivity index (χ2n) is 6.36. The quantitative estimate of drug-likeness (QED) is 0.885. The molecule has 1 aliphatic rings. The number of nitrogens with one attached hydrogen (secondary N) is 2. The summed E-state index contributed by atoms with van der Waals surface area (Å²) in [6.45, 7) is 4.45. The predicted octanol–water partition coefficient (Wildman–Crippen LogP) is 2.26. The summed E-state index contributed by atoms with van der Waals surface area (Å²) in [6, 6.07) is 13.2. The largest absolute Gasteiger partial charge is 0.477 e. The van der Waals surface area contributed by atoms with E-state index < -0.39 is 6.10 Å². The van der Waals surface area contributed by atoms with Crippen LogP contribution >= 0.6 is 0 Å². The number of rotatable bonds is 4. The number of fused-ring (bicyclic) bond motifs is 1. The third-order valence-corrected chi connectivity index (χ3v) is 4.61. The molecule has 2 aromatic carbocycles. The van der Waals surface area contributed by atoms with Crippen LogP contribution in [-0.2, 0) is 9.59 Å². The molecule has 0 bridgehead atoms. The highest BCUT2D eigenvalue weighted by Gasteiger charge is 2.31. The van der Waals surface area contributed by atoms with Crippen LogP contribution in [0.4, 0.5) is 11.4 Å². The molecule has 26 heavy (non-hydrogen) atoms. The zero-order chi connectivity index (χ0) is 18.7. The van der Waals surface area contributed by atoms with Crippen LogP contribution in [0, 0.1) is 13.8 Å². The van der Waals surface area contributed by atoms with Gasteiger partial charge in [0, 0.05) is 12.7 Å². The van der Waals surface area contributed by atoms with Crippen molar-refractivity contribution >= 4 is 23.2 Å². The Morgan fingerprint density at radius 3 is 2.69 bits per heavy atom. The van der Waals surface area contributed by atoms with Gasteiger partial charge in [0.05, 0.1) is 18.8 Å². The number of hydrogen-bond acceptors (Lipinski definition) is 4. The first-order chi connectivity index (χ1) is 12.5. The summed E-state index contributed by atoms with van der Waals surface area (Å²) in [5.41, 5.74) is 3.79. The molecule has 0 aromatic heterocycles. The van der Waals surface area contributed by atoms with Crippen molar-refractivity contribution in [2.45, 2.75) is 20.0 Å². The van der Waals surface area contributed by atoms with E-state index in [1.165, 1.54) is 0 Å².